The lowest BCUT2D eigenvalue weighted by Gasteiger charge is -2.45. The van der Waals surface area contributed by atoms with Crippen LogP contribution in [0.1, 0.15) is 44.1 Å². The van der Waals surface area contributed by atoms with Crippen LogP contribution in [0.15, 0.2) is 30.3 Å². The predicted octanol–water partition coefficient (Wildman–Crippen LogP) is 3.34. The lowest BCUT2D eigenvalue weighted by atomic mass is 9.56. The Bertz CT molecular complexity index is 491. The van der Waals surface area contributed by atoms with Crippen LogP contribution in [-0.4, -0.2) is 11.6 Å². The number of fused-ring (bicyclic) bond motifs is 1. The Balaban J connectivity index is 1.92. The number of hydrogen-bond donors (Lipinski definition) is 0. The van der Waals surface area contributed by atoms with Crippen molar-refractivity contribution in [1.82, 2.24) is 0 Å². The lowest BCUT2D eigenvalue weighted by molar-refractivity contribution is -0.142. The first-order valence-electron chi connectivity index (χ1n) is 7.30. The second-order valence-electron chi connectivity index (χ2n) is 6.07. The maximum Gasteiger partial charge on any atom is 0.139 e. The number of carbonyl (C=O) groups excluding carboxylic acids is 2. The normalized spacial score (nSPS) is 31.1. The van der Waals surface area contributed by atoms with Crippen LogP contribution >= 0.6 is 0 Å². The molecule has 1 aromatic carbocycles. The summed E-state index contributed by atoms with van der Waals surface area (Å²) in [5.74, 6) is 1.04. The van der Waals surface area contributed by atoms with E-state index in [4.69, 9.17) is 0 Å². The van der Waals surface area contributed by atoms with Crippen molar-refractivity contribution in [1.29, 1.82) is 0 Å². The molecule has 0 N–H and O–H groups in total. The first-order chi connectivity index (χ1) is 9.21. The summed E-state index contributed by atoms with van der Waals surface area (Å²) < 4.78 is 0. The Labute approximate surface area is 114 Å². The number of Topliss-reactive ketones (excluding diaryl/α,β-unsaturated/α-hetero) is 2. The molecule has 2 atom stereocenters. The molecule has 0 aromatic heterocycles. The molecule has 2 nitrogen and oxygen atoms in total. The Morgan fingerprint density at radius 2 is 1.89 bits per heavy atom. The highest BCUT2D eigenvalue weighted by atomic mass is 16.1. The quantitative estimate of drug-likeness (QED) is 0.813. The number of carbonyl (C=O) groups is 2. The van der Waals surface area contributed by atoms with Crippen LogP contribution in [0.25, 0.3) is 0 Å². The molecule has 100 valence electrons. The van der Waals surface area contributed by atoms with E-state index in [1.54, 1.807) is 0 Å². The Kier molecular flexibility index (Phi) is 3.26. The summed E-state index contributed by atoms with van der Waals surface area (Å²) in [7, 11) is 0. The van der Waals surface area contributed by atoms with Gasteiger partial charge in [0.25, 0.3) is 0 Å². The van der Waals surface area contributed by atoms with Gasteiger partial charge in [-0.15, -0.1) is 0 Å². The topological polar surface area (TPSA) is 34.1 Å². The third kappa shape index (κ3) is 2.24. The Morgan fingerprint density at radius 1 is 1.11 bits per heavy atom. The van der Waals surface area contributed by atoms with Gasteiger partial charge in [0.2, 0.25) is 0 Å². The molecule has 2 aliphatic carbocycles. The SMILES string of the molecule is O=C1CC[C@]2(Cc3ccccc3)C(=O)CCC[C@@H]2C1. The maximum atomic E-state index is 12.6. The number of hydrogen-bond acceptors (Lipinski definition) is 2. The monoisotopic (exact) mass is 256 g/mol. The molecule has 2 fully saturated rings. The zero-order valence-electron chi connectivity index (χ0n) is 11.2. The fraction of sp³-hybridized carbons (Fsp3) is 0.529. The van der Waals surface area contributed by atoms with Crippen LogP contribution in [0.3, 0.4) is 0 Å². The number of benzene rings is 1. The average molecular weight is 256 g/mol. The molecule has 0 saturated heterocycles. The predicted molar refractivity (Wildman–Crippen MR) is 73.8 cm³/mol. The smallest absolute Gasteiger partial charge is 0.139 e. The molecule has 1 aromatic rings. The van der Waals surface area contributed by atoms with Gasteiger partial charge in [0.05, 0.1) is 0 Å². The molecule has 19 heavy (non-hydrogen) atoms. The van der Waals surface area contributed by atoms with Crippen molar-refractivity contribution in [2.75, 3.05) is 0 Å². The van der Waals surface area contributed by atoms with Crippen molar-refractivity contribution in [3.05, 3.63) is 35.9 Å². The Morgan fingerprint density at radius 3 is 2.68 bits per heavy atom. The molecule has 0 radical (unpaired) electrons. The van der Waals surface area contributed by atoms with E-state index in [-0.39, 0.29) is 11.3 Å². The van der Waals surface area contributed by atoms with Crippen LogP contribution in [0.5, 0.6) is 0 Å². The largest absolute Gasteiger partial charge is 0.300 e. The zero-order chi connectivity index (χ0) is 13.3. The van der Waals surface area contributed by atoms with E-state index in [2.05, 4.69) is 12.1 Å². The summed E-state index contributed by atoms with van der Waals surface area (Å²) in [6.07, 6.45) is 5.53. The average Bonchev–Trinajstić information content (AvgIpc) is 2.42. The fourth-order valence-electron chi connectivity index (χ4n) is 3.93. The van der Waals surface area contributed by atoms with E-state index in [0.29, 0.717) is 30.8 Å². The second kappa shape index (κ2) is 4.92. The minimum Gasteiger partial charge on any atom is -0.300 e. The molecular weight excluding hydrogens is 236 g/mol. The van der Waals surface area contributed by atoms with Crippen LogP contribution in [0, 0.1) is 11.3 Å². The Hall–Kier alpha value is -1.44. The molecule has 3 rings (SSSR count). The first-order valence-corrected chi connectivity index (χ1v) is 7.30. The van der Waals surface area contributed by atoms with Crippen LogP contribution in [-0.2, 0) is 16.0 Å². The van der Waals surface area contributed by atoms with Gasteiger partial charge in [-0.25, -0.2) is 0 Å². The second-order valence-corrected chi connectivity index (χ2v) is 6.07. The highest BCUT2D eigenvalue weighted by molar-refractivity contribution is 5.90. The van der Waals surface area contributed by atoms with E-state index < -0.39 is 0 Å². The molecular formula is C17H20O2. The van der Waals surface area contributed by atoms with E-state index in [1.165, 1.54) is 5.56 Å². The molecule has 2 heteroatoms. The summed E-state index contributed by atoms with van der Waals surface area (Å²) in [6, 6.07) is 10.3. The van der Waals surface area contributed by atoms with E-state index >= 15 is 0 Å². The van der Waals surface area contributed by atoms with Crippen LogP contribution in [0.4, 0.5) is 0 Å². The van der Waals surface area contributed by atoms with Gasteiger partial charge >= 0.3 is 0 Å². The van der Waals surface area contributed by atoms with Gasteiger partial charge in [-0.1, -0.05) is 30.3 Å². The lowest BCUT2D eigenvalue weighted by Crippen LogP contribution is -2.47. The van der Waals surface area contributed by atoms with Crippen LogP contribution in [0.2, 0.25) is 0 Å². The van der Waals surface area contributed by atoms with E-state index in [0.717, 1.165) is 25.7 Å². The van der Waals surface area contributed by atoms with Crippen molar-refractivity contribution in [2.24, 2.45) is 11.3 Å². The number of rotatable bonds is 2. The molecule has 0 aliphatic heterocycles. The zero-order valence-corrected chi connectivity index (χ0v) is 11.2. The van der Waals surface area contributed by atoms with Crippen molar-refractivity contribution in [3.63, 3.8) is 0 Å². The highest BCUT2D eigenvalue weighted by Crippen LogP contribution is 2.49. The molecule has 0 amide bonds. The summed E-state index contributed by atoms with van der Waals surface area (Å²) in [4.78, 5) is 24.3. The molecule has 2 saturated carbocycles. The van der Waals surface area contributed by atoms with Crippen molar-refractivity contribution < 1.29 is 9.59 Å². The van der Waals surface area contributed by atoms with Crippen molar-refractivity contribution in [2.45, 2.75) is 44.9 Å². The first kappa shape index (κ1) is 12.6. The van der Waals surface area contributed by atoms with Gasteiger partial charge < -0.3 is 0 Å². The molecule has 0 spiro atoms. The van der Waals surface area contributed by atoms with Gasteiger partial charge in [0.1, 0.15) is 11.6 Å². The fourth-order valence-corrected chi connectivity index (χ4v) is 3.93. The third-order valence-electron chi connectivity index (χ3n) is 4.98. The van der Waals surface area contributed by atoms with Gasteiger partial charge in [-0.3, -0.25) is 9.59 Å². The highest BCUT2D eigenvalue weighted by Gasteiger charge is 2.49. The van der Waals surface area contributed by atoms with Gasteiger partial charge in [0, 0.05) is 24.7 Å². The van der Waals surface area contributed by atoms with Gasteiger partial charge in [-0.05, 0) is 37.2 Å². The van der Waals surface area contributed by atoms with E-state index in [9.17, 15) is 9.59 Å². The minimum absolute atomic E-state index is 0.243. The van der Waals surface area contributed by atoms with Gasteiger partial charge in [0.15, 0.2) is 0 Å². The molecule has 0 bridgehead atoms. The minimum atomic E-state index is -0.243. The summed E-state index contributed by atoms with van der Waals surface area (Å²) >= 11 is 0. The van der Waals surface area contributed by atoms with Crippen molar-refractivity contribution >= 4 is 11.6 Å². The molecule has 2 aliphatic rings. The summed E-state index contributed by atoms with van der Waals surface area (Å²) in [5.41, 5.74) is 0.991. The van der Waals surface area contributed by atoms with Crippen molar-refractivity contribution in [3.8, 4) is 0 Å². The summed E-state index contributed by atoms with van der Waals surface area (Å²) in [5, 5.41) is 0. The van der Waals surface area contributed by atoms with Gasteiger partial charge in [-0.2, -0.15) is 0 Å². The maximum absolute atomic E-state index is 12.6. The summed E-state index contributed by atoms with van der Waals surface area (Å²) in [6.45, 7) is 0. The molecule has 0 heterocycles. The number of ketones is 2. The third-order valence-corrected chi connectivity index (χ3v) is 4.98. The molecule has 0 unspecified atom stereocenters. The van der Waals surface area contributed by atoms with Crippen LogP contribution < -0.4 is 0 Å². The van der Waals surface area contributed by atoms with E-state index in [1.807, 2.05) is 18.2 Å². The standard InChI is InChI=1S/C17H20O2/c18-15-9-10-17(12-13-5-2-1-3-6-13)14(11-15)7-4-8-16(17)19/h1-3,5-6,14H,4,7-12H2/t14-,17-/m1/s1.